The molecule has 3 rings (SSSR count). The lowest BCUT2D eigenvalue weighted by atomic mass is 10.2. The summed E-state index contributed by atoms with van der Waals surface area (Å²) in [6.45, 7) is 6.48. The second-order valence-electron chi connectivity index (χ2n) is 5.36. The Morgan fingerprint density at radius 1 is 1.39 bits per heavy atom. The number of hydrogen-bond acceptors (Lipinski definition) is 5. The standard InChI is InChI=1S/C13H21N3OS/c1-10(17)12-9-18-13(14-12)16-7-3-6-15-5-2-4-11(15)8-16/h9-11,17H,2-8H2,1H3. The van der Waals surface area contributed by atoms with Crippen molar-refractivity contribution >= 4 is 16.5 Å². The van der Waals surface area contributed by atoms with Gasteiger partial charge in [-0.25, -0.2) is 4.98 Å². The molecule has 2 fully saturated rings. The van der Waals surface area contributed by atoms with Crippen LogP contribution in [0.1, 0.15) is 38.0 Å². The van der Waals surface area contributed by atoms with Gasteiger partial charge in [-0.3, -0.25) is 4.90 Å². The Bertz CT molecular complexity index is 407. The molecular weight excluding hydrogens is 246 g/mol. The lowest BCUT2D eigenvalue weighted by Crippen LogP contribution is -2.36. The Balaban J connectivity index is 1.74. The van der Waals surface area contributed by atoms with E-state index in [0.717, 1.165) is 23.9 Å². The molecule has 0 amide bonds. The molecule has 0 aliphatic carbocycles. The van der Waals surface area contributed by atoms with Crippen molar-refractivity contribution in [3.63, 3.8) is 0 Å². The maximum absolute atomic E-state index is 9.56. The molecule has 4 nitrogen and oxygen atoms in total. The molecule has 5 heteroatoms. The van der Waals surface area contributed by atoms with Crippen LogP contribution in [0.2, 0.25) is 0 Å². The summed E-state index contributed by atoms with van der Waals surface area (Å²) >= 11 is 1.66. The van der Waals surface area contributed by atoms with Crippen molar-refractivity contribution in [3.05, 3.63) is 11.1 Å². The van der Waals surface area contributed by atoms with Crippen molar-refractivity contribution in [1.29, 1.82) is 0 Å². The Hall–Kier alpha value is -0.650. The predicted octanol–water partition coefficient (Wildman–Crippen LogP) is 1.87. The molecule has 0 radical (unpaired) electrons. The molecule has 2 aliphatic heterocycles. The molecule has 1 N–H and O–H groups in total. The molecule has 18 heavy (non-hydrogen) atoms. The monoisotopic (exact) mass is 267 g/mol. The van der Waals surface area contributed by atoms with Crippen molar-refractivity contribution < 1.29 is 5.11 Å². The van der Waals surface area contributed by atoms with E-state index in [9.17, 15) is 5.11 Å². The highest BCUT2D eigenvalue weighted by molar-refractivity contribution is 7.13. The smallest absolute Gasteiger partial charge is 0.185 e. The lowest BCUT2D eigenvalue weighted by molar-refractivity contribution is 0.195. The van der Waals surface area contributed by atoms with Crippen LogP contribution in [-0.4, -0.2) is 47.2 Å². The van der Waals surface area contributed by atoms with Gasteiger partial charge in [0.2, 0.25) is 0 Å². The van der Waals surface area contributed by atoms with Crippen LogP contribution >= 0.6 is 11.3 Å². The number of aromatic nitrogens is 1. The average molecular weight is 267 g/mol. The Kier molecular flexibility index (Phi) is 3.54. The second-order valence-corrected chi connectivity index (χ2v) is 6.20. The molecule has 0 saturated carbocycles. The predicted molar refractivity (Wildman–Crippen MR) is 74.2 cm³/mol. The number of aliphatic hydroxyl groups excluding tert-OH is 1. The van der Waals surface area contributed by atoms with Crippen LogP contribution in [0.4, 0.5) is 5.13 Å². The highest BCUT2D eigenvalue weighted by Crippen LogP contribution is 2.28. The first kappa shape index (κ1) is 12.4. The maximum atomic E-state index is 9.56. The third kappa shape index (κ3) is 2.39. The fraction of sp³-hybridized carbons (Fsp3) is 0.769. The van der Waals surface area contributed by atoms with E-state index in [0.29, 0.717) is 6.04 Å². The summed E-state index contributed by atoms with van der Waals surface area (Å²) in [5, 5.41) is 12.6. The van der Waals surface area contributed by atoms with E-state index in [-0.39, 0.29) is 0 Å². The van der Waals surface area contributed by atoms with E-state index in [1.165, 1.54) is 32.4 Å². The highest BCUT2D eigenvalue weighted by atomic mass is 32.1. The maximum Gasteiger partial charge on any atom is 0.185 e. The summed E-state index contributed by atoms with van der Waals surface area (Å²) < 4.78 is 0. The van der Waals surface area contributed by atoms with Gasteiger partial charge in [0.05, 0.1) is 11.8 Å². The van der Waals surface area contributed by atoms with E-state index < -0.39 is 6.10 Å². The van der Waals surface area contributed by atoms with Crippen LogP contribution in [0.15, 0.2) is 5.38 Å². The number of thiazole rings is 1. The first-order valence-electron chi connectivity index (χ1n) is 6.86. The SMILES string of the molecule is CC(O)c1csc(N2CCCN3CCCC3C2)n1. The van der Waals surface area contributed by atoms with Crippen molar-refractivity contribution in [2.75, 3.05) is 31.1 Å². The van der Waals surface area contributed by atoms with Crippen molar-refractivity contribution in [1.82, 2.24) is 9.88 Å². The van der Waals surface area contributed by atoms with E-state index >= 15 is 0 Å². The van der Waals surface area contributed by atoms with Gasteiger partial charge in [0.15, 0.2) is 5.13 Å². The number of fused-ring (bicyclic) bond motifs is 1. The molecule has 2 atom stereocenters. The summed E-state index contributed by atoms with van der Waals surface area (Å²) in [5.74, 6) is 0. The third-order valence-corrected chi connectivity index (χ3v) is 4.93. The quantitative estimate of drug-likeness (QED) is 0.888. The normalized spacial score (nSPS) is 27.0. The molecule has 1 aromatic rings. The summed E-state index contributed by atoms with van der Waals surface area (Å²) in [6.07, 6.45) is 3.44. The van der Waals surface area contributed by atoms with Crippen molar-refractivity contribution in [2.45, 2.75) is 38.3 Å². The summed E-state index contributed by atoms with van der Waals surface area (Å²) in [5.41, 5.74) is 0.808. The molecule has 1 aromatic heterocycles. The summed E-state index contributed by atoms with van der Waals surface area (Å²) in [7, 11) is 0. The molecule has 0 spiro atoms. The number of nitrogens with zero attached hydrogens (tertiary/aromatic N) is 3. The molecule has 2 aliphatic rings. The van der Waals surface area contributed by atoms with Crippen molar-refractivity contribution in [3.8, 4) is 0 Å². The van der Waals surface area contributed by atoms with Gasteiger partial charge < -0.3 is 10.0 Å². The third-order valence-electron chi connectivity index (χ3n) is 4.01. The molecular formula is C13H21N3OS. The van der Waals surface area contributed by atoms with Gasteiger partial charge in [-0.15, -0.1) is 11.3 Å². The minimum atomic E-state index is -0.454. The van der Waals surface area contributed by atoms with Gasteiger partial charge in [0, 0.05) is 31.1 Å². The van der Waals surface area contributed by atoms with Gasteiger partial charge in [-0.2, -0.15) is 0 Å². The molecule has 0 bridgehead atoms. The second kappa shape index (κ2) is 5.15. The van der Waals surface area contributed by atoms with Gasteiger partial charge in [0.1, 0.15) is 0 Å². The summed E-state index contributed by atoms with van der Waals surface area (Å²) in [4.78, 5) is 9.60. The number of aliphatic hydroxyl groups is 1. The zero-order valence-corrected chi connectivity index (χ0v) is 11.7. The van der Waals surface area contributed by atoms with Gasteiger partial charge in [-0.05, 0) is 32.7 Å². The van der Waals surface area contributed by atoms with Gasteiger partial charge >= 0.3 is 0 Å². The zero-order chi connectivity index (χ0) is 12.5. The van der Waals surface area contributed by atoms with E-state index in [4.69, 9.17) is 0 Å². The summed E-state index contributed by atoms with van der Waals surface area (Å²) in [6, 6.07) is 0.714. The molecule has 3 heterocycles. The fourth-order valence-corrected chi connectivity index (χ4v) is 3.94. The topological polar surface area (TPSA) is 39.6 Å². The van der Waals surface area contributed by atoms with Gasteiger partial charge in [0.25, 0.3) is 0 Å². The van der Waals surface area contributed by atoms with E-state index in [1.54, 1.807) is 18.3 Å². The van der Waals surface area contributed by atoms with E-state index in [1.807, 2.05) is 5.38 Å². The van der Waals surface area contributed by atoms with Gasteiger partial charge in [-0.1, -0.05) is 0 Å². The van der Waals surface area contributed by atoms with Crippen LogP contribution in [-0.2, 0) is 0 Å². The number of hydrogen-bond donors (Lipinski definition) is 1. The zero-order valence-electron chi connectivity index (χ0n) is 10.9. The number of rotatable bonds is 2. The first-order chi connectivity index (χ1) is 8.74. The molecule has 100 valence electrons. The lowest BCUT2D eigenvalue weighted by Gasteiger charge is -2.25. The largest absolute Gasteiger partial charge is 0.387 e. The van der Waals surface area contributed by atoms with Crippen LogP contribution in [0.25, 0.3) is 0 Å². The Morgan fingerprint density at radius 2 is 2.22 bits per heavy atom. The number of anilines is 1. The minimum absolute atomic E-state index is 0.454. The van der Waals surface area contributed by atoms with E-state index in [2.05, 4.69) is 14.8 Å². The van der Waals surface area contributed by atoms with Crippen molar-refractivity contribution in [2.24, 2.45) is 0 Å². The molecule has 0 aromatic carbocycles. The fourth-order valence-electron chi connectivity index (χ4n) is 2.99. The van der Waals surface area contributed by atoms with Crippen LogP contribution in [0.3, 0.4) is 0 Å². The Labute approximate surface area is 112 Å². The minimum Gasteiger partial charge on any atom is -0.387 e. The first-order valence-corrected chi connectivity index (χ1v) is 7.74. The molecule has 2 unspecified atom stereocenters. The van der Waals surface area contributed by atoms with Crippen LogP contribution in [0, 0.1) is 0 Å². The molecule has 2 saturated heterocycles. The average Bonchev–Trinajstić information content (AvgIpc) is 2.95. The highest BCUT2D eigenvalue weighted by Gasteiger charge is 2.29. The Morgan fingerprint density at radius 3 is 3.00 bits per heavy atom. The van der Waals surface area contributed by atoms with Crippen LogP contribution < -0.4 is 4.90 Å². The van der Waals surface area contributed by atoms with Crippen LogP contribution in [0.5, 0.6) is 0 Å².